The summed E-state index contributed by atoms with van der Waals surface area (Å²) in [4.78, 5) is 19.3. The minimum Gasteiger partial charge on any atom is -0.306 e. The summed E-state index contributed by atoms with van der Waals surface area (Å²) in [6.45, 7) is 5.86. The van der Waals surface area contributed by atoms with Crippen LogP contribution in [0.4, 0.5) is 0 Å². The number of halogens is 1. The molecule has 0 saturated heterocycles. The van der Waals surface area contributed by atoms with Gasteiger partial charge in [-0.25, -0.2) is 4.98 Å². The number of nitrogens with one attached hydrogen (secondary N) is 1. The van der Waals surface area contributed by atoms with Gasteiger partial charge < -0.3 is 4.98 Å². The fourth-order valence-corrected chi connectivity index (χ4v) is 2.65. The third-order valence-corrected chi connectivity index (χ3v) is 3.61. The highest BCUT2D eigenvalue weighted by Gasteiger charge is 2.10. The van der Waals surface area contributed by atoms with Crippen molar-refractivity contribution in [3.8, 4) is 11.4 Å². The van der Waals surface area contributed by atoms with Crippen LogP contribution in [0.25, 0.3) is 11.4 Å². The summed E-state index contributed by atoms with van der Waals surface area (Å²) in [5.41, 5.74) is 3.57. The number of aromatic amines is 1. The lowest BCUT2D eigenvalue weighted by Gasteiger charge is -2.08. The molecule has 3 nitrogen and oxygen atoms in total. The number of hydrogen-bond acceptors (Lipinski definition) is 2. The van der Waals surface area contributed by atoms with Crippen LogP contribution in [-0.2, 0) is 6.42 Å². The number of benzene rings is 1. The van der Waals surface area contributed by atoms with Crippen molar-refractivity contribution in [3.63, 3.8) is 0 Å². The first-order valence-corrected chi connectivity index (χ1v) is 6.68. The van der Waals surface area contributed by atoms with Gasteiger partial charge in [0.15, 0.2) is 0 Å². The molecule has 0 spiro atoms. The fraction of sp³-hybridized carbons (Fsp3) is 0.286. The van der Waals surface area contributed by atoms with Crippen LogP contribution in [0.5, 0.6) is 0 Å². The molecular weight excluding hydrogens is 292 g/mol. The van der Waals surface area contributed by atoms with Crippen LogP contribution >= 0.6 is 15.9 Å². The molecule has 0 fully saturated rings. The van der Waals surface area contributed by atoms with Gasteiger partial charge in [-0.3, -0.25) is 4.79 Å². The monoisotopic (exact) mass is 306 g/mol. The quantitative estimate of drug-likeness (QED) is 0.924. The Morgan fingerprint density at radius 1 is 1.33 bits per heavy atom. The minimum absolute atomic E-state index is 0.0486. The number of aromatic nitrogens is 2. The molecule has 0 aliphatic rings. The fourth-order valence-electron chi connectivity index (χ4n) is 1.97. The van der Waals surface area contributed by atoms with Crippen molar-refractivity contribution in [2.45, 2.75) is 27.2 Å². The van der Waals surface area contributed by atoms with Gasteiger partial charge in [0.2, 0.25) is 0 Å². The topological polar surface area (TPSA) is 45.8 Å². The lowest BCUT2D eigenvalue weighted by molar-refractivity contribution is 0.967. The van der Waals surface area contributed by atoms with Crippen LogP contribution in [0, 0.1) is 13.8 Å². The highest BCUT2D eigenvalue weighted by atomic mass is 79.9. The van der Waals surface area contributed by atoms with Gasteiger partial charge in [-0.2, -0.15) is 0 Å². The Bertz CT molecular complexity index is 647. The van der Waals surface area contributed by atoms with Gasteiger partial charge >= 0.3 is 0 Å². The maximum Gasteiger partial charge on any atom is 0.254 e. The molecule has 0 aliphatic heterocycles. The Labute approximate surface area is 114 Å². The highest BCUT2D eigenvalue weighted by molar-refractivity contribution is 9.10. The number of H-pyrrole nitrogens is 1. The van der Waals surface area contributed by atoms with Gasteiger partial charge in [0, 0.05) is 21.3 Å². The number of nitrogens with zero attached hydrogens (tertiary/aromatic N) is 1. The number of hydrogen-bond donors (Lipinski definition) is 1. The van der Waals surface area contributed by atoms with Crippen molar-refractivity contribution in [3.05, 3.63) is 49.8 Å². The second-order valence-electron chi connectivity index (χ2n) is 4.32. The van der Waals surface area contributed by atoms with E-state index in [1.54, 1.807) is 0 Å². The highest BCUT2D eigenvalue weighted by Crippen LogP contribution is 2.26. The molecule has 1 heterocycles. The first-order valence-electron chi connectivity index (χ1n) is 5.89. The lowest BCUT2D eigenvalue weighted by atomic mass is 10.1. The van der Waals surface area contributed by atoms with Crippen molar-refractivity contribution in [2.75, 3.05) is 0 Å². The average molecular weight is 307 g/mol. The Morgan fingerprint density at radius 3 is 2.61 bits per heavy atom. The van der Waals surface area contributed by atoms with E-state index < -0.39 is 0 Å². The molecule has 0 atom stereocenters. The Morgan fingerprint density at radius 2 is 2.06 bits per heavy atom. The van der Waals surface area contributed by atoms with Crippen molar-refractivity contribution < 1.29 is 0 Å². The van der Waals surface area contributed by atoms with Gasteiger partial charge in [0.1, 0.15) is 5.82 Å². The Balaban J connectivity index is 2.62. The van der Waals surface area contributed by atoms with Gasteiger partial charge in [0.25, 0.3) is 5.56 Å². The molecule has 0 radical (unpaired) electrons. The van der Waals surface area contributed by atoms with Crippen molar-refractivity contribution >= 4 is 15.9 Å². The van der Waals surface area contributed by atoms with Gasteiger partial charge in [-0.05, 0) is 38.0 Å². The Kier molecular flexibility index (Phi) is 3.66. The van der Waals surface area contributed by atoms with Crippen molar-refractivity contribution in [2.24, 2.45) is 0 Å². The number of aryl methyl sites for hydroxylation is 2. The Hall–Kier alpha value is -1.42. The predicted octanol–water partition coefficient (Wildman–Crippen LogP) is 3.38. The molecule has 94 valence electrons. The zero-order chi connectivity index (χ0) is 13.3. The molecular formula is C14H15BrN2O. The summed E-state index contributed by atoms with van der Waals surface area (Å²) >= 11 is 3.51. The van der Waals surface area contributed by atoms with E-state index >= 15 is 0 Å². The third-order valence-electron chi connectivity index (χ3n) is 2.96. The molecule has 4 heteroatoms. The van der Waals surface area contributed by atoms with E-state index in [0.29, 0.717) is 12.2 Å². The maximum atomic E-state index is 11.9. The molecule has 1 aromatic carbocycles. The van der Waals surface area contributed by atoms with Crippen LogP contribution in [0.3, 0.4) is 0 Å². The smallest absolute Gasteiger partial charge is 0.254 e. The number of rotatable bonds is 2. The molecule has 2 aromatic rings. The molecule has 0 amide bonds. The third kappa shape index (κ3) is 2.38. The minimum atomic E-state index is -0.0486. The summed E-state index contributed by atoms with van der Waals surface area (Å²) in [6.07, 6.45) is 0.698. The molecule has 0 saturated carbocycles. The van der Waals surface area contributed by atoms with E-state index in [-0.39, 0.29) is 5.56 Å². The van der Waals surface area contributed by atoms with E-state index in [9.17, 15) is 4.79 Å². The molecule has 18 heavy (non-hydrogen) atoms. The molecule has 0 bridgehead atoms. The zero-order valence-corrected chi connectivity index (χ0v) is 12.3. The van der Waals surface area contributed by atoms with Crippen LogP contribution < -0.4 is 5.56 Å². The second-order valence-corrected chi connectivity index (χ2v) is 5.17. The van der Waals surface area contributed by atoms with Crippen LogP contribution in [-0.4, -0.2) is 9.97 Å². The van der Waals surface area contributed by atoms with Gasteiger partial charge in [-0.1, -0.05) is 28.9 Å². The molecule has 0 aliphatic carbocycles. The van der Waals surface area contributed by atoms with Crippen LogP contribution in [0.1, 0.15) is 23.7 Å². The molecule has 1 N–H and O–H groups in total. The zero-order valence-electron chi connectivity index (χ0n) is 10.7. The lowest BCUT2D eigenvalue weighted by Crippen LogP contribution is -2.16. The summed E-state index contributed by atoms with van der Waals surface area (Å²) in [5.74, 6) is 0.613. The predicted molar refractivity (Wildman–Crippen MR) is 76.8 cm³/mol. The summed E-state index contributed by atoms with van der Waals surface area (Å²) in [5, 5.41) is 0. The molecule has 1 aromatic heterocycles. The van der Waals surface area contributed by atoms with Crippen molar-refractivity contribution in [1.82, 2.24) is 9.97 Å². The normalized spacial score (nSPS) is 10.7. The van der Waals surface area contributed by atoms with E-state index in [0.717, 1.165) is 26.9 Å². The molecule has 0 unspecified atom stereocenters. The van der Waals surface area contributed by atoms with Crippen LogP contribution in [0.2, 0.25) is 0 Å². The van der Waals surface area contributed by atoms with E-state index in [1.807, 2.05) is 39.0 Å². The molecule has 2 rings (SSSR count). The largest absolute Gasteiger partial charge is 0.306 e. The summed E-state index contributed by atoms with van der Waals surface area (Å²) in [7, 11) is 0. The van der Waals surface area contributed by atoms with E-state index in [4.69, 9.17) is 0 Å². The van der Waals surface area contributed by atoms with E-state index in [2.05, 4.69) is 25.9 Å². The second kappa shape index (κ2) is 5.06. The SMILES string of the molecule is CCc1c(C)nc(-c2ccc(C)cc2Br)[nH]c1=O. The average Bonchev–Trinajstić information content (AvgIpc) is 2.28. The first-order chi connectivity index (χ1) is 8.52. The maximum absolute atomic E-state index is 11.9. The summed E-state index contributed by atoms with van der Waals surface area (Å²) in [6, 6.07) is 5.98. The van der Waals surface area contributed by atoms with Crippen molar-refractivity contribution in [1.29, 1.82) is 0 Å². The first kappa shape index (κ1) is 13.0. The standard InChI is InChI=1S/C14H15BrN2O/c1-4-10-9(3)16-13(17-14(10)18)11-6-5-8(2)7-12(11)15/h5-7H,4H2,1-3H3,(H,16,17,18). The summed E-state index contributed by atoms with van der Waals surface area (Å²) < 4.78 is 0.939. The van der Waals surface area contributed by atoms with Gasteiger partial charge in [-0.15, -0.1) is 0 Å². The van der Waals surface area contributed by atoms with E-state index in [1.165, 1.54) is 0 Å². The van der Waals surface area contributed by atoms with Crippen LogP contribution in [0.15, 0.2) is 27.5 Å². The van der Waals surface area contributed by atoms with Gasteiger partial charge in [0.05, 0.1) is 0 Å².